The molecule has 4 heteroatoms. The van der Waals surface area contributed by atoms with Crippen molar-refractivity contribution in [1.82, 2.24) is 4.98 Å². The normalized spacial score (nSPS) is 11.7. The van der Waals surface area contributed by atoms with E-state index in [4.69, 9.17) is 4.74 Å². The van der Waals surface area contributed by atoms with Gasteiger partial charge in [-0.25, -0.2) is 4.98 Å². The Kier molecular flexibility index (Phi) is 4.63. The topological polar surface area (TPSA) is 22.1 Å². The molecule has 0 radical (unpaired) electrons. The predicted octanol–water partition coefficient (Wildman–Crippen LogP) is 4.25. The van der Waals surface area contributed by atoms with Crippen molar-refractivity contribution in [3.8, 4) is 17.2 Å². The summed E-state index contributed by atoms with van der Waals surface area (Å²) in [5, 5.41) is 0.263. The highest BCUT2D eigenvalue weighted by molar-refractivity contribution is 9.10. The Hall–Kier alpha value is -0.793. The molecule has 0 aromatic carbocycles. The maximum Gasteiger partial charge on any atom is 0.138 e. The minimum absolute atomic E-state index is 0.263. The number of nitrogens with zero attached hydrogens (tertiary/aromatic N) is 1. The van der Waals surface area contributed by atoms with Crippen molar-refractivity contribution in [3.63, 3.8) is 0 Å². The molecule has 0 unspecified atom stereocenters. The van der Waals surface area contributed by atoms with Crippen LogP contribution in [0.3, 0.4) is 0 Å². The lowest BCUT2D eigenvalue weighted by atomic mass is 10.2. The average Bonchev–Trinajstić information content (AvgIpc) is 2.26. The number of ether oxygens (including phenoxy) is 1. The van der Waals surface area contributed by atoms with E-state index >= 15 is 0 Å². The van der Waals surface area contributed by atoms with E-state index in [0.717, 1.165) is 15.9 Å². The van der Waals surface area contributed by atoms with Crippen LogP contribution in [0, 0.1) is 11.5 Å². The Morgan fingerprint density at radius 2 is 1.94 bits per heavy atom. The van der Waals surface area contributed by atoms with Crippen LogP contribution in [0.15, 0.2) is 16.7 Å². The zero-order valence-corrected chi connectivity index (χ0v) is 14.5. The number of methoxy groups -OCH3 is 1. The number of halogens is 1. The Labute approximate surface area is 119 Å². The molecule has 1 aromatic heterocycles. The summed E-state index contributed by atoms with van der Waals surface area (Å²) in [5.41, 5.74) is 4.21. The molecule has 0 aliphatic rings. The van der Waals surface area contributed by atoms with Gasteiger partial charge in [0.1, 0.15) is 19.5 Å². The predicted molar refractivity (Wildman–Crippen MR) is 82.6 cm³/mol. The van der Waals surface area contributed by atoms with Crippen LogP contribution in [0.2, 0.25) is 18.1 Å². The first-order valence-corrected chi connectivity index (χ1v) is 9.69. The Balaban J connectivity index is 3.07. The van der Waals surface area contributed by atoms with Crippen molar-refractivity contribution in [3.05, 3.63) is 22.4 Å². The van der Waals surface area contributed by atoms with E-state index in [2.05, 4.69) is 66.2 Å². The summed E-state index contributed by atoms with van der Waals surface area (Å²) < 4.78 is 6.09. The van der Waals surface area contributed by atoms with Crippen LogP contribution in [0.25, 0.3) is 0 Å². The summed E-state index contributed by atoms with van der Waals surface area (Å²) in [6.45, 7) is 11.3. The van der Waals surface area contributed by atoms with E-state index in [9.17, 15) is 0 Å². The van der Waals surface area contributed by atoms with Gasteiger partial charge in [-0.15, -0.1) is 5.54 Å². The van der Waals surface area contributed by atoms with E-state index in [1.165, 1.54) is 0 Å². The molecule has 1 aromatic rings. The third-order valence-electron chi connectivity index (χ3n) is 3.42. The van der Waals surface area contributed by atoms with Crippen molar-refractivity contribution < 1.29 is 4.74 Å². The Morgan fingerprint density at radius 1 is 1.33 bits per heavy atom. The molecule has 98 valence electrons. The van der Waals surface area contributed by atoms with Gasteiger partial charge in [0.05, 0.1) is 11.6 Å². The monoisotopic (exact) mass is 325 g/mol. The fraction of sp³-hybridized carbons (Fsp3) is 0.500. The maximum absolute atomic E-state index is 5.24. The van der Waals surface area contributed by atoms with Crippen molar-refractivity contribution in [2.45, 2.75) is 38.9 Å². The molecule has 0 atom stereocenters. The summed E-state index contributed by atoms with van der Waals surface area (Å²) in [7, 11) is 0.0615. The van der Waals surface area contributed by atoms with Crippen molar-refractivity contribution in [2.75, 3.05) is 7.11 Å². The second kappa shape index (κ2) is 5.46. The Morgan fingerprint density at radius 3 is 2.44 bits per heavy atom. The number of hydrogen-bond acceptors (Lipinski definition) is 2. The van der Waals surface area contributed by atoms with Crippen molar-refractivity contribution >= 4 is 24.0 Å². The number of rotatable bonds is 1. The molecule has 0 saturated heterocycles. The van der Waals surface area contributed by atoms with Gasteiger partial charge in [-0.3, -0.25) is 0 Å². The van der Waals surface area contributed by atoms with Gasteiger partial charge < -0.3 is 4.74 Å². The molecule has 18 heavy (non-hydrogen) atoms. The van der Waals surface area contributed by atoms with Crippen LogP contribution in [0.4, 0.5) is 0 Å². The van der Waals surface area contributed by atoms with Gasteiger partial charge in [-0.2, -0.15) is 0 Å². The molecule has 0 fully saturated rings. The van der Waals surface area contributed by atoms with E-state index in [1.54, 1.807) is 13.3 Å². The molecule has 0 aliphatic heterocycles. The van der Waals surface area contributed by atoms with Gasteiger partial charge in [0.2, 0.25) is 0 Å². The molecule has 0 amide bonds. The largest absolute Gasteiger partial charge is 0.495 e. The van der Waals surface area contributed by atoms with Gasteiger partial charge in [0.15, 0.2) is 0 Å². The van der Waals surface area contributed by atoms with Crippen LogP contribution in [0.1, 0.15) is 26.5 Å². The molecular formula is C14H20BrNOSi. The third-order valence-corrected chi connectivity index (χ3v) is 8.51. The van der Waals surface area contributed by atoms with Crippen LogP contribution in [-0.2, 0) is 0 Å². The number of aromatic nitrogens is 1. The quantitative estimate of drug-likeness (QED) is 0.568. The first-order chi connectivity index (χ1) is 8.17. The minimum atomic E-state index is -1.58. The van der Waals surface area contributed by atoms with E-state index in [-0.39, 0.29) is 5.04 Å². The highest BCUT2D eigenvalue weighted by Gasteiger charge is 2.33. The fourth-order valence-corrected chi connectivity index (χ4v) is 2.25. The summed E-state index contributed by atoms with van der Waals surface area (Å²) in [4.78, 5) is 4.29. The first-order valence-electron chi connectivity index (χ1n) is 5.90. The van der Waals surface area contributed by atoms with E-state index in [1.807, 2.05) is 6.07 Å². The first kappa shape index (κ1) is 15.3. The van der Waals surface area contributed by atoms with Crippen LogP contribution in [-0.4, -0.2) is 20.2 Å². The van der Waals surface area contributed by atoms with Crippen LogP contribution in [0.5, 0.6) is 5.75 Å². The van der Waals surface area contributed by atoms with Crippen LogP contribution < -0.4 is 4.74 Å². The SMILES string of the molecule is COc1cc(C#C[Si](C)(C)C(C)(C)C)ncc1Br. The lowest BCUT2D eigenvalue weighted by Gasteiger charge is -2.31. The van der Waals surface area contributed by atoms with Crippen LogP contribution >= 0.6 is 15.9 Å². The van der Waals surface area contributed by atoms with Gasteiger partial charge in [0.25, 0.3) is 0 Å². The summed E-state index contributed by atoms with van der Waals surface area (Å²) >= 11 is 3.39. The van der Waals surface area contributed by atoms with E-state index in [0.29, 0.717) is 0 Å². The third kappa shape index (κ3) is 3.60. The van der Waals surface area contributed by atoms with Crippen molar-refractivity contribution in [1.29, 1.82) is 0 Å². The fourth-order valence-electron chi connectivity index (χ4n) is 1.05. The lowest BCUT2D eigenvalue weighted by molar-refractivity contribution is 0.411. The zero-order valence-electron chi connectivity index (χ0n) is 11.9. The molecule has 0 saturated carbocycles. The number of pyridine rings is 1. The van der Waals surface area contributed by atoms with Gasteiger partial charge in [-0.1, -0.05) is 39.8 Å². The summed E-state index contributed by atoms with van der Waals surface area (Å²) in [6.07, 6.45) is 1.73. The van der Waals surface area contributed by atoms with E-state index < -0.39 is 8.07 Å². The second-order valence-electron chi connectivity index (χ2n) is 5.83. The minimum Gasteiger partial charge on any atom is -0.495 e. The molecule has 0 aliphatic carbocycles. The standard InChI is InChI=1S/C14H20BrNOSi/c1-14(2,3)18(5,6)8-7-11-9-13(17-4)12(15)10-16-11/h9-10H,1-6H3. The zero-order chi connectivity index (χ0) is 14.0. The lowest BCUT2D eigenvalue weighted by Crippen LogP contribution is -2.35. The molecule has 1 rings (SSSR count). The maximum atomic E-state index is 5.24. The molecule has 0 N–H and O–H groups in total. The average molecular weight is 326 g/mol. The van der Waals surface area contributed by atoms with Gasteiger partial charge in [0, 0.05) is 12.3 Å². The van der Waals surface area contributed by atoms with Gasteiger partial charge in [-0.05, 0) is 21.0 Å². The van der Waals surface area contributed by atoms with Gasteiger partial charge >= 0.3 is 0 Å². The summed E-state index contributed by atoms with van der Waals surface area (Å²) in [5.74, 6) is 3.96. The molecule has 1 heterocycles. The summed E-state index contributed by atoms with van der Waals surface area (Å²) in [6, 6.07) is 1.87. The smallest absolute Gasteiger partial charge is 0.138 e. The molecule has 2 nitrogen and oxygen atoms in total. The Bertz CT molecular complexity index is 495. The molecule has 0 bridgehead atoms. The number of hydrogen-bond donors (Lipinski definition) is 0. The highest BCUT2D eigenvalue weighted by atomic mass is 79.9. The molecular weight excluding hydrogens is 306 g/mol. The van der Waals surface area contributed by atoms with Crippen molar-refractivity contribution in [2.24, 2.45) is 0 Å². The second-order valence-corrected chi connectivity index (χ2v) is 11.7. The molecule has 0 spiro atoms. The highest BCUT2D eigenvalue weighted by Crippen LogP contribution is 2.35.